The zero-order valence-electron chi connectivity index (χ0n) is 20.2. The van der Waals surface area contributed by atoms with Crippen LogP contribution in [0, 0.1) is 5.82 Å². The van der Waals surface area contributed by atoms with Crippen molar-refractivity contribution in [2.24, 2.45) is 0 Å². The quantitative estimate of drug-likeness (QED) is 0.327. The lowest BCUT2D eigenvalue weighted by atomic mass is 9.92. The Kier molecular flexibility index (Phi) is 6.59. The molecule has 190 valence electrons. The van der Waals surface area contributed by atoms with E-state index in [1.807, 2.05) is 6.07 Å². The van der Waals surface area contributed by atoms with Crippen molar-refractivity contribution in [2.45, 2.75) is 25.6 Å². The zero-order chi connectivity index (χ0) is 26.2. The van der Waals surface area contributed by atoms with Crippen molar-refractivity contribution < 1.29 is 17.6 Å². The fourth-order valence-electron chi connectivity index (χ4n) is 4.35. The van der Waals surface area contributed by atoms with Crippen LogP contribution < -0.4 is 5.32 Å². The van der Waals surface area contributed by atoms with Crippen LogP contribution in [0.5, 0.6) is 0 Å². The first-order valence-corrected chi connectivity index (χ1v) is 11.8. The molecule has 0 radical (unpaired) electrons. The van der Waals surface area contributed by atoms with E-state index in [2.05, 4.69) is 49.3 Å². The number of rotatable bonds is 5. The molecular formula is C27H24F4N6. The SMILES string of the molecule is C[C@@H](Nc1ncnc2c(C3=CCN(C)CC3)cc(-c3ccc(F)cc3)cc12)c1cnc(C(F)(F)F)nc1. The topological polar surface area (TPSA) is 66.8 Å². The second kappa shape index (κ2) is 9.85. The standard InChI is InChI=1S/C27H24F4N6/c1-16(20-13-32-26(33-14-20)27(29,30)31)36-25-23-12-19(17-3-5-21(28)6-4-17)11-22(24(23)34-15-35-25)18-7-9-37(2)10-8-18/h3-7,11-16H,8-10H2,1-2H3,(H,34,35,36)/t16-/m1/s1. The van der Waals surface area contributed by atoms with E-state index >= 15 is 0 Å². The number of benzene rings is 2. The smallest absolute Gasteiger partial charge is 0.363 e. The Hall–Kier alpha value is -3.92. The summed E-state index contributed by atoms with van der Waals surface area (Å²) in [6.07, 6.45) is 2.23. The van der Waals surface area contributed by atoms with Gasteiger partial charge in [0, 0.05) is 42.0 Å². The minimum Gasteiger partial charge on any atom is -0.363 e. The monoisotopic (exact) mass is 508 g/mol. The second-order valence-corrected chi connectivity index (χ2v) is 9.09. The van der Waals surface area contributed by atoms with Gasteiger partial charge in [0.15, 0.2) is 0 Å². The van der Waals surface area contributed by atoms with Gasteiger partial charge < -0.3 is 10.2 Å². The first kappa shape index (κ1) is 24.8. The molecule has 0 amide bonds. The van der Waals surface area contributed by atoms with Gasteiger partial charge in [-0.15, -0.1) is 0 Å². The fourth-order valence-corrected chi connectivity index (χ4v) is 4.35. The summed E-state index contributed by atoms with van der Waals surface area (Å²) in [6.45, 7) is 3.53. The summed E-state index contributed by atoms with van der Waals surface area (Å²) in [5, 5.41) is 4.03. The van der Waals surface area contributed by atoms with Crippen LogP contribution in [0.2, 0.25) is 0 Å². The average molecular weight is 509 g/mol. The maximum Gasteiger partial charge on any atom is 0.451 e. The molecule has 5 rings (SSSR count). The summed E-state index contributed by atoms with van der Waals surface area (Å²) in [5.74, 6) is -0.979. The number of halogens is 4. The number of nitrogens with one attached hydrogen (secondary N) is 1. The van der Waals surface area contributed by atoms with Crippen molar-refractivity contribution in [3.8, 4) is 11.1 Å². The summed E-state index contributed by atoms with van der Waals surface area (Å²) < 4.78 is 52.2. The third kappa shape index (κ3) is 5.29. The molecule has 1 aliphatic heterocycles. The summed E-state index contributed by atoms with van der Waals surface area (Å²) in [4.78, 5) is 18.2. The Bertz CT molecular complexity index is 1450. The van der Waals surface area contributed by atoms with Crippen LogP contribution in [0.1, 0.15) is 36.3 Å². The highest BCUT2D eigenvalue weighted by Crippen LogP contribution is 2.36. The number of hydrogen-bond acceptors (Lipinski definition) is 6. The van der Waals surface area contributed by atoms with Gasteiger partial charge in [0.1, 0.15) is 18.0 Å². The third-order valence-corrected chi connectivity index (χ3v) is 6.45. The number of nitrogens with zero attached hydrogens (tertiary/aromatic N) is 5. The van der Waals surface area contributed by atoms with Crippen LogP contribution in [0.15, 0.2) is 61.2 Å². The summed E-state index contributed by atoms with van der Waals surface area (Å²) in [7, 11) is 2.07. The average Bonchev–Trinajstić information content (AvgIpc) is 2.89. The molecule has 1 aliphatic rings. The fraction of sp³-hybridized carbons (Fsp3) is 0.259. The van der Waals surface area contributed by atoms with E-state index in [0.29, 0.717) is 11.4 Å². The van der Waals surface area contributed by atoms with E-state index < -0.39 is 18.0 Å². The van der Waals surface area contributed by atoms with Gasteiger partial charge in [-0.25, -0.2) is 24.3 Å². The van der Waals surface area contributed by atoms with Crippen molar-refractivity contribution in [1.29, 1.82) is 0 Å². The Morgan fingerprint density at radius 2 is 1.70 bits per heavy atom. The molecule has 1 N–H and O–H groups in total. The second-order valence-electron chi connectivity index (χ2n) is 9.09. The molecule has 3 heterocycles. The van der Waals surface area contributed by atoms with Crippen molar-refractivity contribution in [1.82, 2.24) is 24.8 Å². The molecule has 10 heteroatoms. The molecule has 0 spiro atoms. The molecule has 6 nitrogen and oxygen atoms in total. The maximum absolute atomic E-state index is 13.6. The van der Waals surface area contributed by atoms with E-state index in [0.717, 1.165) is 59.5 Å². The zero-order valence-corrected chi connectivity index (χ0v) is 20.2. The Morgan fingerprint density at radius 3 is 2.35 bits per heavy atom. The number of fused-ring (bicyclic) bond motifs is 1. The molecular weight excluding hydrogens is 484 g/mol. The maximum atomic E-state index is 13.6. The van der Waals surface area contributed by atoms with Crippen molar-refractivity contribution in [3.05, 3.63) is 84.0 Å². The number of aromatic nitrogens is 4. The highest BCUT2D eigenvalue weighted by Gasteiger charge is 2.34. The first-order valence-electron chi connectivity index (χ1n) is 11.8. The molecule has 2 aromatic heterocycles. The van der Waals surface area contributed by atoms with E-state index in [4.69, 9.17) is 0 Å². The molecule has 37 heavy (non-hydrogen) atoms. The molecule has 0 unspecified atom stereocenters. The van der Waals surface area contributed by atoms with E-state index in [1.54, 1.807) is 19.1 Å². The number of hydrogen-bond donors (Lipinski definition) is 1. The normalized spacial score (nSPS) is 15.5. The molecule has 1 atom stereocenters. The molecule has 4 aromatic rings. The minimum absolute atomic E-state index is 0.318. The Labute approximate surface area is 211 Å². The minimum atomic E-state index is -4.60. The van der Waals surface area contributed by atoms with Crippen LogP contribution in [-0.4, -0.2) is 45.0 Å². The molecule has 0 aliphatic carbocycles. The van der Waals surface area contributed by atoms with Gasteiger partial charge in [-0.05, 0) is 61.4 Å². The first-order chi connectivity index (χ1) is 17.7. The predicted octanol–water partition coefficient (Wildman–Crippen LogP) is 6.14. The number of anilines is 1. The van der Waals surface area contributed by atoms with E-state index in [9.17, 15) is 17.6 Å². The van der Waals surface area contributed by atoms with Crippen LogP contribution >= 0.6 is 0 Å². The highest BCUT2D eigenvalue weighted by molar-refractivity contribution is 6.00. The van der Waals surface area contributed by atoms with E-state index in [-0.39, 0.29) is 5.82 Å². The molecule has 0 fully saturated rings. The van der Waals surface area contributed by atoms with Gasteiger partial charge in [-0.3, -0.25) is 0 Å². The lowest BCUT2D eigenvalue weighted by Crippen LogP contribution is -2.23. The highest BCUT2D eigenvalue weighted by atomic mass is 19.4. The Morgan fingerprint density at radius 1 is 0.973 bits per heavy atom. The van der Waals surface area contributed by atoms with E-state index in [1.165, 1.54) is 24.0 Å². The summed E-state index contributed by atoms with van der Waals surface area (Å²) >= 11 is 0. The number of likely N-dealkylation sites (N-methyl/N-ethyl adjacent to an activating group) is 1. The van der Waals surface area contributed by atoms with Gasteiger partial charge >= 0.3 is 6.18 Å². The lowest BCUT2D eigenvalue weighted by Gasteiger charge is -2.23. The van der Waals surface area contributed by atoms with Gasteiger partial charge in [-0.2, -0.15) is 13.2 Å². The van der Waals surface area contributed by atoms with Gasteiger partial charge in [0.25, 0.3) is 0 Å². The van der Waals surface area contributed by atoms with Gasteiger partial charge in [0.05, 0.1) is 11.6 Å². The third-order valence-electron chi connectivity index (χ3n) is 6.45. The molecule has 0 saturated heterocycles. The molecule has 2 aromatic carbocycles. The Balaban J connectivity index is 1.58. The van der Waals surface area contributed by atoms with Gasteiger partial charge in [-0.1, -0.05) is 18.2 Å². The lowest BCUT2D eigenvalue weighted by molar-refractivity contribution is -0.145. The van der Waals surface area contributed by atoms with Crippen LogP contribution in [0.3, 0.4) is 0 Å². The van der Waals surface area contributed by atoms with Gasteiger partial charge in [0.2, 0.25) is 5.82 Å². The predicted molar refractivity (Wildman–Crippen MR) is 134 cm³/mol. The molecule has 0 saturated carbocycles. The summed E-state index contributed by atoms with van der Waals surface area (Å²) in [5.41, 5.74) is 5.10. The molecule has 0 bridgehead atoms. The van der Waals surface area contributed by atoms with Crippen LogP contribution in [-0.2, 0) is 6.18 Å². The van der Waals surface area contributed by atoms with Crippen molar-refractivity contribution in [3.63, 3.8) is 0 Å². The van der Waals surface area contributed by atoms with Crippen molar-refractivity contribution in [2.75, 3.05) is 25.5 Å². The number of alkyl halides is 3. The van der Waals surface area contributed by atoms with Crippen LogP contribution in [0.25, 0.3) is 27.6 Å². The summed E-state index contributed by atoms with van der Waals surface area (Å²) in [6, 6.07) is 9.87. The van der Waals surface area contributed by atoms with Crippen LogP contribution in [0.4, 0.5) is 23.4 Å². The largest absolute Gasteiger partial charge is 0.451 e. The van der Waals surface area contributed by atoms with Crippen molar-refractivity contribution >= 4 is 22.3 Å².